The maximum Gasteiger partial charge on any atom is 0.435 e. The van der Waals surface area contributed by atoms with Gasteiger partial charge in [-0.3, -0.25) is 0 Å². The molecule has 1 heterocycles. The van der Waals surface area contributed by atoms with Gasteiger partial charge in [-0.05, 0) is 36.4 Å². The number of hydrogen-bond donors (Lipinski definition) is 1. The second-order valence-corrected chi connectivity index (χ2v) is 7.31. The maximum absolute atomic E-state index is 13.2. The van der Waals surface area contributed by atoms with Crippen LogP contribution in [0.25, 0.3) is 16.9 Å². The zero-order valence-electron chi connectivity index (χ0n) is 12.9. The quantitative estimate of drug-likeness (QED) is 0.723. The first kappa shape index (κ1) is 18.4. The van der Waals surface area contributed by atoms with Gasteiger partial charge in [-0.15, -0.1) is 0 Å². The molecule has 2 N–H and O–H groups in total. The number of hydrogen-bond acceptors (Lipinski definition) is 3. The van der Waals surface area contributed by atoms with Crippen LogP contribution in [0.4, 0.5) is 13.2 Å². The van der Waals surface area contributed by atoms with Gasteiger partial charge in [0, 0.05) is 10.6 Å². The first-order valence-electron chi connectivity index (χ1n) is 7.13. The van der Waals surface area contributed by atoms with Gasteiger partial charge in [-0.2, -0.15) is 18.3 Å². The van der Waals surface area contributed by atoms with Crippen LogP contribution in [0, 0.1) is 0 Å². The Morgan fingerprint density at radius 3 is 2.23 bits per heavy atom. The van der Waals surface area contributed by atoms with Gasteiger partial charge in [-0.1, -0.05) is 29.8 Å². The Labute approximate surface area is 151 Å². The van der Waals surface area contributed by atoms with Crippen molar-refractivity contribution in [3.63, 3.8) is 0 Å². The standard InChI is InChI=1S/C16H11ClF3N3O2S/c17-10-5-7-11(8-6-10)23-13(9-15(22-23)16(18,19)20)12-3-1-2-4-14(12)26(21,24)25/h1-9H,(H2,21,24,25). The molecule has 0 radical (unpaired) electrons. The summed E-state index contributed by atoms with van der Waals surface area (Å²) in [5.41, 5.74) is -0.937. The van der Waals surface area contributed by atoms with Crippen LogP contribution in [-0.2, 0) is 16.2 Å². The highest BCUT2D eigenvalue weighted by Gasteiger charge is 2.35. The molecule has 0 aliphatic rings. The lowest BCUT2D eigenvalue weighted by molar-refractivity contribution is -0.141. The molecule has 2 aromatic carbocycles. The highest BCUT2D eigenvalue weighted by atomic mass is 35.5. The van der Waals surface area contributed by atoms with Gasteiger partial charge in [0.15, 0.2) is 5.69 Å². The molecule has 1 aromatic heterocycles. The van der Waals surface area contributed by atoms with Gasteiger partial charge in [-0.25, -0.2) is 18.2 Å². The molecule has 0 atom stereocenters. The highest BCUT2D eigenvalue weighted by molar-refractivity contribution is 7.89. The minimum atomic E-state index is -4.71. The van der Waals surface area contributed by atoms with Crippen molar-refractivity contribution in [2.24, 2.45) is 5.14 Å². The molecule has 136 valence electrons. The van der Waals surface area contributed by atoms with Crippen molar-refractivity contribution in [2.75, 3.05) is 0 Å². The van der Waals surface area contributed by atoms with Crippen molar-refractivity contribution in [3.05, 3.63) is 65.3 Å². The molecule has 3 aromatic rings. The van der Waals surface area contributed by atoms with Gasteiger partial charge >= 0.3 is 6.18 Å². The number of rotatable bonds is 3. The van der Waals surface area contributed by atoms with E-state index in [0.29, 0.717) is 5.02 Å². The van der Waals surface area contributed by atoms with Crippen molar-refractivity contribution in [3.8, 4) is 16.9 Å². The molecule has 0 fully saturated rings. The number of alkyl halides is 3. The van der Waals surface area contributed by atoms with Crippen molar-refractivity contribution in [1.29, 1.82) is 0 Å². The van der Waals surface area contributed by atoms with Crippen LogP contribution in [0.1, 0.15) is 5.69 Å². The lowest BCUT2D eigenvalue weighted by Gasteiger charge is -2.11. The molecule has 0 amide bonds. The second kappa shape index (κ2) is 6.42. The van der Waals surface area contributed by atoms with E-state index in [-0.39, 0.29) is 21.8 Å². The van der Waals surface area contributed by atoms with E-state index in [1.165, 1.54) is 48.5 Å². The van der Waals surface area contributed by atoms with E-state index < -0.39 is 21.9 Å². The van der Waals surface area contributed by atoms with Gasteiger partial charge in [0.2, 0.25) is 10.0 Å². The summed E-state index contributed by atoms with van der Waals surface area (Å²) >= 11 is 5.81. The number of nitrogens with zero attached hydrogens (tertiary/aromatic N) is 2. The van der Waals surface area contributed by atoms with Gasteiger partial charge in [0.05, 0.1) is 16.3 Å². The Balaban J connectivity index is 2.31. The third-order valence-corrected chi connectivity index (χ3v) is 4.76. The van der Waals surface area contributed by atoms with Crippen LogP contribution in [-0.4, -0.2) is 18.2 Å². The van der Waals surface area contributed by atoms with E-state index in [0.717, 1.165) is 10.7 Å². The van der Waals surface area contributed by atoms with Crippen LogP contribution >= 0.6 is 11.6 Å². The SMILES string of the molecule is NS(=O)(=O)c1ccccc1-c1cc(C(F)(F)F)nn1-c1ccc(Cl)cc1. The molecule has 3 rings (SSSR count). The summed E-state index contributed by atoms with van der Waals surface area (Å²) in [7, 11) is -4.16. The summed E-state index contributed by atoms with van der Waals surface area (Å²) in [5.74, 6) is 0. The Bertz CT molecular complexity index is 1060. The van der Waals surface area contributed by atoms with E-state index >= 15 is 0 Å². The molecule has 26 heavy (non-hydrogen) atoms. The third kappa shape index (κ3) is 3.59. The predicted molar refractivity (Wildman–Crippen MR) is 90.4 cm³/mol. The minimum absolute atomic E-state index is 0.00736. The third-order valence-electron chi connectivity index (χ3n) is 3.54. The topological polar surface area (TPSA) is 78.0 Å². The number of aromatic nitrogens is 2. The molecule has 0 saturated heterocycles. The summed E-state index contributed by atoms with van der Waals surface area (Å²) in [6, 6.07) is 12.2. The summed E-state index contributed by atoms with van der Waals surface area (Å²) in [4.78, 5) is -0.302. The fourth-order valence-electron chi connectivity index (χ4n) is 2.42. The van der Waals surface area contributed by atoms with Gasteiger partial charge in [0.1, 0.15) is 0 Å². The lowest BCUT2D eigenvalue weighted by Crippen LogP contribution is -2.14. The molecule has 0 spiro atoms. The van der Waals surface area contributed by atoms with Crippen molar-refractivity contribution in [2.45, 2.75) is 11.1 Å². The Hall–Kier alpha value is -2.36. The zero-order chi connectivity index (χ0) is 19.1. The van der Waals surface area contributed by atoms with Crippen molar-refractivity contribution in [1.82, 2.24) is 9.78 Å². The summed E-state index contributed by atoms with van der Waals surface area (Å²) < 4.78 is 64.2. The molecule has 0 bridgehead atoms. The smallest absolute Gasteiger partial charge is 0.232 e. The second-order valence-electron chi connectivity index (χ2n) is 5.34. The zero-order valence-corrected chi connectivity index (χ0v) is 14.5. The fraction of sp³-hybridized carbons (Fsp3) is 0.0625. The molecule has 0 saturated carbocycles. The Morgan fingerprint density at radius 1 is 1.04 bits per heavy atom. The number of primary sulfonamides is 1. The fourth-order valence-corrected chi connectivity index (χ4v) is 3.29. The van der Waals surface area contributed by atoms with Gasteiger partial charge < -0.3 is 0 Å². The average molecular weight is 402 g/mol. The highest BCUT2D eigenvalue weighted by Crippen LogP contribution is 2.35. The molecule has 0 unspecified atom stereocenters. The van der Waals surface area contributed by atoms with Crippen LogP contribution in [0.15, 0.2) is 59.5 Å². The van der Waals surface area contributed by atoms with E-state index in [9.17, 15) is 21.6 Å². The average Bonchev–Trinajstić information content (AvgIpc) is 3.00. The molecule has 5 nitrogen and oxygen atoms in total. The van der Waals surface area contributed by atoms with Crippen LogP contribution < -0.4 is 5.14 Å². The first-order chi connectivity index (χ1) is 12.1. The number of nitrogens with two attached hydrogens (primary N) is 1. The summed E-state index contributed by atoms with van der Waals surface area (Å²) in [6.45, 7) is 0. The monoisotopic (exact) mass is 401 g/mol. The lowest BCUT2D eigenvalue weighted by atomic mass is 10.1. The van der Waals surface area contributed by atoms with Crippen molar-refractivity contribution < 1.29 is 21.6 Å². The first-order valence-corrected chi connectivity index (χ1v) is 9.05. The summed E-state index contributed by atoms with van der Waals surface area (Å²) in [6.07, 6.45) is -4.71. The summed E-state index contributed by atoms with van der Waals surface area (Å²) in [5, 5.41) is 9.18. The molecular weight excluding hydrogens is 391 g/mol. The number of sulfonamides is 1. The molecule has 0 aliphatic carbocycles. The predicted octanol–water partition coefficient (Wildman–Crippen LogP) is 3.86. The van der Waals surface area contributed by atoms with E-state index in [1.807, 2.05) is 0 Å². The number of halogens is 4. The Morgan fingerprint density at radius 2 is 1.65 bits per heavy atom. The molecular formula is C16H11ClF3N3O2S. The van der Waals surface area contributed by atoms with Crippen LogP contribution in [0.2, 0.25) is 5.02 Å². The molecule has 10 heteroatoms. The Kier molecular flexibility index (Phi) is 4.55. The van der Waals surface area contributed by atoms with E-state index in [1.54, 1.807) is 0 Å². The van der Waals surface area contributed by atoms with Crippen LogP contribution in [0.3, 0.4) is 0 Å². The van der Waals surface area contributed by atoms with Gasteiger partial charge in [0.25, 0.3) is 0 Å². The van der Waals surface area contributed by atoms with Crippen molar-refractivity contribution >= 4 is 21.6 Å². The largest absolute Gasteiger partial charge is 0.435 e. The minimum Gasteiger partial charge on any atom is -0.232 e. The normalized spacial score (nSPS) is 12.3. The van der Waals surface area contributed by atoms with E-state index in [2.05, 4.69) is 5.10 Å². The maximum atomic E-state index is 13.2. The van der Waals surface area contributed by atoms with E-state index in [4.69, 9.17) is 16.7 Å². The molecule has 0 aliphatic heterocycles. The van der Waals surface area contributed by atoms with Crippen LogP contribution in [0.5, 0.6) is 0 Å². The number of benzene rings is 2.